The van der Waals surface area contributed by atoms with Gasteiger partial charge in [-0.1, -0.05) is 0 Å². The highest BCUT2D eigenvalue weighted by molar-refractivity contribution is 4.65. The van der Waals surface area contributed by atoms with E-state index in [2.05, 4.69) is 20.4 Å². The van der Waals surface area contributed by atoms with Gasteiger partial charge in [0.2, 0.25) is 0 Å². The molecule has 0 aliphatic carbocycles. The van der Waals surface area contributed by atoms with Gasteiger partial charge in [0.05, 0.1) is 13.2 Å². The number of nitrogens with one attached hydrogen (secondary N) is 2. The summed E-state index contributed by atoms with van der Waals surface area (Å²) in [5.74, 6) is 0. The molecule has 1 heterocycles. The smallest absolute Gasteiger partial charge is 0.0558 e. The zero-order valence-electron chi connectivity index (χ0n) is 12.7. The van der Waals surface area contributed by atoms with Gasteiger partial charge in [-0.3, -0.25) is 9.80 Å². The van der Waals surface area contributed by atoms with Gasteiger partial charge in [0.15, 0.2) is 0 Å². The normalized spacial score (nSPS) is 22.5. The lowest BCUT2D eigenvalue weighted by Crippen LogP contribution is -2.40. The summed E-state index contributed by atoms with van der Waals surface area (Å²) < 4.78 is 0. The van der Waals surface area contributed by atoms with Crippen LogP contribution in [-0.2, 0) is 0 Å². The maximum Gasteiger partial charge on any atom is 0.0558 e. The number of hydrogen-bond donors (Lipinski definition) is 4. The fourth-order valence-electron chi connectivity index (χ4n) is 2.53. The second-order valence-electron chi connectivity index (χ2n) is 5.34. The van der Waals surface area contributed by atoms with Crippen molar-refractivity contribution >= 4 is 0 Å². The van der Waals surface area contributed by atoms with E-state index < -0.39 is 0 Å². The summed E-state index contributed by atoms with van der Waals surface area (Å²) >= 11 is 0. The minimum absolute atomic E-state index is 0.226. The first-order valence-electron chi connectivity index (χ1n) is 7.94. The predicted molar refractivity (Wildman–Crippen MR) is 82.0 cm³/mol. The summed E-state index contributed by atoms with van der Waals surface area (Å²) in [6, 6.07) is 0. The zero-order chi connectivity index (χ0) is 14.5. The molecule has 0 saturated carbocycles. The minimum Gasteiger partial charge on any atom is -0.395 e. The Morgan fingerprint density at radius 2 is 1.15 bits per heavy atom. The molecule has 120 valence electrons. The number of β-amino-alcohol motifs (C(OH)–C–C–N with tert-alkyl or cyclic N) is 2. The maximum atomic E-state index is 9.11. The minimum atomic E-state index is 0.226. The lowest BCUT2D eigenvalue weighted by Gasteiger charge is -2.26. The number of aliphatic hydroxyl groups is 2. The summed E-state index contributed by atoms with van der Waals surface area (Å²) in [5, 5.41) is 25.1. The average molecular weight is 288 g/mol. The first-order chi connectivity index (χ1) is 9.86. The van der Waals surface area contributed by atoms with Crippen LogP contribution < -0.4 is 10.6 Å². The Hall–Kier alpha value is -0.240. The second kappa shape index (κ2) is 12.5. The van der Waals surface area contributed by atoms with Crippen LogP contribution in [0.3, 0.4) is 0 Å². The van der Waals surface area contributed by atoms with Crippen molar-refractivity contribution in [1.82, 2.24) is 20.4 Å². The summed E-state index contributed by atoms with van der Waals surface area (Å²) in [4.78, 5) is 4.63. The third-order valence-electron chi connectivity index (χ3n) is 3.70. The van der Waals surface area contributed by atoms with E-state index in [9.17, 15) is 0 Å². The molecule has 6 nitrogen and oxygen atoms in total. The molecule has 0 spiro atoms. The summed E-state index contributed by atoms with van der Waals surface area (Å²) in [5.41, 5.74) is 0. The Kier molecular flexibility index (Phi) is 11.1. The van der Waals surface area contributed by atoms with Crippen molar-refractivity contribution in [2.45, 2.75) is 12.8 Å². The van der Waals surface area contributed by atoms with Crippen LogP contribution in [0.5, 0.6) is 0 Å². The summed E-state index contributed by atoms with van der Waals surface area (Å²) in [6.07, 6.45) is 2.22. The van der Waals surface area contributed by atoms with Gasteiger partial charge in [-0.15, -0.1) is 0 Å². The molecule has 1 aliphatic heterocycles. The predicted octanol–water partition coefficient (Wildman–Crippen LogP) is -1.45. The van der Waals surface area contributed by atoms with E-state index >= 15 is 0 Å². The van der Waals surface area contributed by atoms with Crippen molar-refractivity contribution in [3.8, 4) is 0 Å². The van der Waals surface area contributed by atoms with Crippen LogP contribution in [0.2, 0.25) is 0 Å². The van der Waals surface area contributed by atoms with Gasteiger partial charge < -0.3 is 20.8 Å². The van der Waals surface area contributed by atoms with Crippen LogP contribution in [0.1, 0.15) is 12.8 Å². The molecule has 4 N–H and O–H groups in total. The molecule has 0 aromatic carbocycles. The molecule has 1 fully saturated rings. The molecular weight excluding hydrogens is 256 g/mol. The monoisotopic (exact) mass is 288 g/mol. The molecule has 0 atom stereocenters. The van der Waals surface area contributed by atoms with Crippen molar-refractivity contribution in [3.05, 3.63) is 0 Å². The van der Waals surface area contributed by atoms with E-state index in [0.717, 1.165) is 78.3 Å². The molecule has 0 aromatic heterocycles. The highest BCUT2D eigenvalue weighted by Crippen LogP contribution is 1.96. The van der Waals surface area contributed by atoms with Gasteiger partial charge in [-0.05, 0) is 39.0 Å². The van der Waals surface area contributed by atoms with Crippen LogP contribution in [0, 0.1) is 0 Å². The van der Waals surface area contributed by atoms with E-state index in [1.807, 2.05) is 0 Å². The van der Waals surface area contributed by atoms with Crippen LogP contribution in [0.4, 0.5) is 0 Å². The van der Waals surface area contributed by atoms with Gasteiger partial charge in [-0.25, -0.2) is 0 Å². The van der Waals surface area contributed by atoms with E-state index in [-0.39, 0.29) is 13.2 Å². The quantitative estimate of drug-likeness (QED) is 0.507. The fraction of sp³-hybridized carbons (Fsp3) is 1.00. The number of aliphatic hydroxyl groups excluding tert-OH is 2. The van der Waals surface area contributed by atoms with Crippen molar-refractivity contribution in [2.24, 2.45) is 0 Å². The highest BCUT2D eigenvalue weighted by Gasteiger charge is 2.08. The molecule has 0 aromatic rings. The number of nitrogens with zero attached hydrogens (tertiary/aromatic N) is 2. The Morgan fingerprint density at radius 3 is 1.60 bits per heavy atom. The Labute approximate surface area is 123 Å². The maximum absolute atomic E-state index is 9.11. The molecule has 6 heteroatoms. The third-order valence-corrected chi connectivity index (χ3v) is 3.70. The molecule has 1 rings (SSSR count). The van der Waals surface area contributed by atoms with Crippen molar-refractivity contribution in [1.29, 1.82) is 0 Å². The first-order valence-corrected chi connectivity index (χ1v) is 7.94. The lowest BCUT2D eigenvalue weighted by atomic mass is 10.3. The van der Waals surface area contributed by atoms with E-state index in [1.54, 1.807) is 0 Å². The average Bonchev–Trinajstić information content (AvgIpc) is 2.44. The van der Waals surface area contributed by atoms with E-state index in [0.29, 0.717) is 0 Å². The molecule has 1 saturated heterocycles. The Bertz CT molecular complexity index is 199. The lowest BCUT2D eigenvalue weighted by molar-refractivity contribution is 0.168. The topological polar surface area (TPSA) is 71.0 Å². The van der Waals surface area contributed by atoms with Crippen molar-refractivity contribution < 1.29 is 10.2 Å². The fourth-order valence-corrected chi connectivity index (χ4v) is 2.53. The van der Waals surface area contributed by atoms with Gasteiger partial charge in [0.1, 0.15) is 0 Å². The molecule has 20 heavy (non-hydrogen) atoms. The molecule has 0 amide bonds. The van der Waals surface area contributed by atoms with Crippen LogP contribution in [-0.4, -0.2) is 98.7 Å². The second-order valence-corrected chi connectivity index (χ2v) is 5.34. The molecular formula is C14H32N4O2. The Balaban J connectivity index is 2.36. The zero-order valence-corrected chi connectivity index (χ0v) is 12.7. The molecule has 1 aliphatic rings. The van der Waals surface area contributed by atoms with Crippen LogP contribution >= 0.6 is 0 Å². The summed E-state index contributed by atoms with van der Waals surface area (Å²) in [6.45, 7) is 10.0. The molecule has 0 radical (unpaired) electrons. The van der Waals surface area contributed by atoms with Gasteiger partial charge in [-0.2, -0.15) is 0 Å². The first kappa shape index (κ1) is 17.8. The highest BCUT2D eigenvalue weighted by atomic mass is 16.3. The Morgan fingerprint density at radius 1 is 0.650 bits per heavy atom. The SMILES string of the molecule is OCCN1CCCN(CCO)CCNCCCNCC1. The number of rotatable bonds is 4. The molecule has 0 bridgehead atoms. The largest absolute Gasteiger partial charge is 0.395 e. The third kappa shape index (κ3) is 8.84. The van der Waals surface area contributed by atoms with E-state index in [4.69, 9.17) is 10.2 Å². The van der Waals surface area contributed by atoms with Gasteiger partial charge in [0.25, 0.3) is 0 Å². The van der Waals surface area contributed by atoms with Gasteiger partial charge in [0, 0.05) is 39.3 Å². The summed E-state index contributed by atoms with van der Waals surface area (Å²) in [7, 11) is 0. The number of hydrogen-bond acceptors (Lipinski definition) is 6. The van der Waals surface area contributed by atoms with Gasteiger partial charge >= 0.3 is 0 Å². The van der Waals surface area contributed by atoms with Crippen LogP contribution in [0.15, 0.2) is 0 Å². The van der Waals surface area contributed by atoms with Crippen molar-refractivity contribution in [3.63, 3.8) is 0 Å². The standard InChI is InChI=1S/C14H32N4O2/c19-13-11-17-7-2-8-18(12-14-20)10-6-16-4-1-3-15-5-9-17/h15-16,19-20H,1-14H2. The van der Waals surface area contributed by atoms with Crippen molar-refractivity contribution in [2.75, 3.05) is 78.7 Å². The van der Waals surface area contributed by atoms with Crippen LogP contribution in [0.25, 0.3) is 0 Å². The van der Waals surface area contributed by atoms with E-state index in [1.165, 1.54) is 0 Å². The molecule has 0 unspecified atom stereocenters.